The number of carbonyl (C=O) groups excluding carboxylic acids is 3. The molecule has 4 rings (SSSR count). The molecule has 228 valence electrons. The number of thioether (sulfide) groups is 1. The fourth-order valence-electron chi connectivity index (χ4n) is 5.01. The van der Waals surface area contributed by atoms with E-state index in [1.807, 2.05) is 75.4 Å². The molecular formula is C32H36Cl2N4O4S. The number of aliphatic hydroxyl groups excluding tert-OH is 1. The summed E-state index contributed by atoms with van der Waals surface area (Å²) in [5, 5.41) is 20.8. The molecule has 3 aromatic carbocycles. The molecule has 4 N–H and O–H groups in total. The van der Waals surface area contributed by atoms with E-state index >= 15 is 0 Å². The SMILES string of the molecule is Cc1ccccc1CNC(=O)C1N(C(=O)C(O)C(Cc2ccccc2)NC(=O)NCc2ccc(Cl)cc2Cl)CSC1(C)C. The Kier molecular flexibility index (Phi) is 11.0. The summed E-state index contributed by atoms with van der Waals surface area (Å²) in [6.45, 7) is 6.23. The number of amides is 4. The van der Waals surface area contributed by atoms with Crippen LogP contribution in [0.3, 0.4) is 0 Å². The van der Waals surface area contributed by atoms with E-state index in [9.17, 15) is 19.5 Å². The van der Waals surface area contributed by atoms with Crippen LogP contribution < -0.4 is 16.0 Å². The lowest BCUT2D eigenvalue weighted by molar-refractivity contribution is -0.147. The molecule has 11 heteroatoms. The quantitative estimate of drug-likeness (QED) is 0.247. The van der Waals surface area contributed by atoms with Gasteiger partial charge in [0.2, 0.25) is 5.91 Å². The lowest BCUT2D eigenvalue weighted by atomic mass is 9.97. The molecule has 0 saturated carbocycles. The van der Waals surface area contributed by atoms with Crippen molar-refractivity contribution >= 4 is 52.8 Å². The number of aryl methyl sites for hydroxylation is 1. The van der Waals surface area contributed by atoms with Gasteiger partial charge < -0.3 is 26.0 Å². The second kappa shape index (κ2) is 14.5. The lowest BCUT2D eigenvalue weighted by Gasteiger charge is -2.33. The molecule has 0 radical (unpaired) electrons. The summed E-state index contributed by atoms with van der Waals surface area (Å²) in [5.41, 5.74) is 3.52. The normalized spacial score (nSPS) is 17.2. The van der Waals surface area contributed by atoms with Crippen LogP contribution in [0, 0.1) is 6.92 Å². The number of benzene rings is 3. The van der Waals surface area contributed by atoms with Gasteiger partial charge in [0.25, 0.3) is 5.91 Å². The number of hydrogen-bond donors (Lipinski definition) is 4. The molecule has 1 heterocycles. The van der Waals surface area contributed by atoms with Gasteiger partial charge in [-0.1, -0.05) is 83.9 Å². The Bertz CT molecular complexity index is 1460. The topological polar surface area (TPSA) is 111 Å². The predicted octanol–water partition coefficient (Wildman–Crippen LogP) is 5.07. The Morgan fingerprint density at radius 1 is 0.977 bits per heavy atom. The third-order valence-electron chi connectivity index (χ3n) is 7.50. The van der Waals surface area contributed by atoms with Crippen molar-refractivity contribution < 1.29 is 19.5 Å². The second-order valence-corrected chi connectivity index (χ2v) is 13.5. The Morgan fingerprint density at radius 3 is 2.35 bits per heavy atom. The Morgan fingerprint density at radius 2 is 1.65 bits per heavy atom. The van der Waals surface area contributed by atoms with Crippen LogP contribution in [0.1, 0.15) is 36.1 Å². The Hall–Kier alpha value is -3.24. The molecule has 4 amide bonds. The lowest BCUT2D eigenvalue weighted by Crippen LogP contribution is -2.59. The maximum atomic E-state index is 13.8. The average Bonchev–Trinajstić information content (AvgIpc) is 3.30. The molecule has 0 aliphatic carbocycles. The third kappa shape index (κ3) is 8.44. The molecule has 43 heavy (non-hydrogen) atoms. The first-order chi connectivity index (χ1) is 20.5. The van der Waals surface area contributed by atoms with Crippen LogP contribution in [0.2, 0.25) is 10.0 Å². The first kappa shape index (κ1) is 32.7. The molecule has 8 nitrogen and oxygen atoms in total. The van der Waals surface area contributed by atoms with E-state index in [4.69, 9.17) is 23.2 Å². The zero-order valence-electron chi connectivity index (χ0n) is 24.3. The molecule has 0 bridgehead atoms. The van der Waals surface area contributed by atoms with Crippen molar-refractivity contribution in [2.45, 2.75) is 63.2 Å². The van der Waals surface area contributed by atoms with Gasteiger partial charge in [-0.05, 0) is 61.6 Å². The molecule has 3 atom stereocenters. The van der Waals surface area contributed by atoms with Gasteiger partial charge in [0.1, 0.15) is 6.04 Å². The van der Waals surface area contributed by atoms with Crippen LogP contribution in [0.5, 0.6) is 0 Å². The maximum absolute atomic E-state index is 13.8. The molecule has 1 fully saturated rings. The van der Waals surface area contributed by atoms with Crippen molar-refractivity contribution in [3.8, 4) is 0 Å². The molecule has 1 saturated heterocycles. The average molecular weight is 644 g/mol. The van der Waals surface area contributed by atoms with Crippen molar-refractivity contribution in [2.75, 3.05) is 5.88 Å². The van der Waals surface area contributed by atoms with E-state index in [1.54, 1.807) is 18.2 Å². The number of halogens is 2. The highest BCUT2D eigenvalue weighted by Crippen LogP contribution is 2.40. The Balaban J connectivity index is 1.48. The molecule has 0 aromatic heterocycles. The minimum atomic E-state index is -1.61. The number of carbonyl (C=O) groups is 3. The van der Waals surface area contributed by atoms with Gasteiger partial charge in [0.05, 0.1) is 11.9 Å². The van der Waals surface area contributed by atoms with Crippen LogP contribution >= 0.6 is 35.0 Å². The van der Waals surface area contributed by atoms with E-state index in [0.29, 0.717) is 22.2 Å². The minimum Gasteiger partial charge on any atom is -0.381 e. The maximum Gasteiger partial charge on any atom is 0.315 e. The number of nitrogens with zero attached hydrogens (tertiary/aromatic N) is 1. The van der Waals surface area contributed by atoms with E-state index in [2.05, 4.69) is 16.0 Å². The molecule has 1 aliphatic rings. The van der Waals surface area contributed by atoms with Crippen LogP contribution in [-0.2, 0) is 29.1 Å². The first-order valence-corrected chi connectivity index (χ1v) is 15.7. The van der Waals surface area contributed by atoms with Gasteiger partial charge in [-0.15, -0.1) is 11.8 Å². The predicted molar refractivity (Wildman–Crippen MR) is 172 cm³/mol. The highest BCUT2D eigenvalue weighted by atomic mass is 35.5. The van der Waals surface area contributed by atoms with Crippen molar-refractivity contribution in [3.05, 3.63) is 105 Å². The molecule has 1 aliphatic heterocycles. The summed E-state index contributed by atoms with van der Waals surface area (Å²) in [5.74, 6) is -0.704. The van der Waals surface area contributed by atoms with Crippen molar-refractivity contribution in [2.24, 2.45) is 0 Å². The van der Waals surface area contributed by atoms with Gasteiger partial charge in [0, 0.05) is 27.9 Å². The van der Waals surface area contributed by atoms with Crippen molar-refractivity contribution in [3.63, 3.8) is 0 Å². The van der Waals surface area contributed by atoms with Crippen LogP contribution in [0.4, 0.5) is 4.79 Å². The van der Waals surface area contributed by atoms with Gasteiger partial charge in [-0.25, -0.2) is 4.79 Å². The van der Waals surface area contributed by atoms with Gasteiger partial charge in [-0.2, -0.15) is 0 Å². The number of aliphatic hydroxyl groups is 1. The summed E-state index contributed by atoms with van der Waals surface area (Å²) < 4.78 is -0.594. The molecule has 3 aromatic rings. The van der Waals surface area contributed by atoms with E-state index in [-0.39, 0.29) is 24.7 Å². The van der Waals surface area contributed by atoms with Crippen molar-refractivity contribution in [1.82, 2.24) is 20.9 Å². The fraction of sp³-hybridized carbons (Fsp3) is 0.344. The van der Waals surface area contributed by atoms with Crippen LogP contribution in [0.15, 0.2) is 72.8 Å². The van der Waals surface area contributed by atoms with E-state index < -0.39 is 34.9 Å². The molecular weight excluding hydrogens is 607 g/mol. The standard InChI is InChI=1S/C32H36Cl2N4O4S/c1-20-9-7-8-12-22(20)17-35-29(40)28-32(2,3)43-19-38(28)30(41)27(39)26(15-21-10-5-4-6-11-21)37-31(42)36-18-23-13-14-24(33)16-25(23)34/h4-14,16,26-28,39H,15,17-19H2,1-3H3,(H,35,40)(H2,36,37,42). The Labute approximate surface area is 266 Å². The van der Waals surface area contributed by atoms with Crippen LogP contribution in [-0.4, -0.2) is 56.7 Å². The summed E-state index contributed by atoms with van der Waals surface area (Å²) in [4.78, 5) is 41.7. The highest BCUT2D eigenvalue weighted by molar-refractivity contribution is 8.00. The zero-order valence-corrected chi connectivity index (χ0v) is 26.6. The van der Waals surface area contributed by atoms with Gasteiger partial charge in [0.15, 0.2) is 6.10 Å². The second-order valence-electron chi connectivity index (χ2n) is 11.0. The minimum absolute atomic E-state index is 0.115. The smallest absolute Gasteiger partial charge is 0.315 e. The summed E-state index contributed by atoms with van der Waals surface area (Å²) in [6, 6.07) is 19.6. The number of rotatable bonds is 10. The highest BCUT2D eigenvalue weighted by Gasteiger charge is 2.49. The summed E-state index contributed by atoms with van der Waals surface area (Å²) >= 11 is 13.7. The van der Waals surface area contributed by atoms with E-state index in [1.165, 1.54) is 16.7 Å². The number of nitrogens with one attached hydrogen (secondary N) is 3. The number of urea groups is 1. The molecule has 0 spiro atoms. The van der Waals surface area contributed by atoms with Gasteiger partial charge in [-0.3, -0.25) is 9.59 Å². The first-order valence-electron chi connectivity index (χ1n) is 13.9. The van der Waals surface area contributed by atoms with Gasteiger partial charge >= 0.3 is 6.03 Å². The third-order valence-corrected chi connectivity index (χ3v) is 9.46. The van der Waals surface area contributed by atoms with Crippen molar-refractivity contribution in [1.29, 1.82) is 0 Å². The largest absolute Gasteiger partial charge is 0.381 e. The fourth-order valence-corrected chi connectivity index (χ4v) is 6.63. The number of hydrogen-bond acceptors (Lipinski definition) is 5. The monoisotopic (exact) mass is 642 g/mol. The van der Waals surface area contributed by atoms with Crippen LogP contribution in [0.25, 0.3) is 0 Å². The van der Waals surface area contributed by atoms with E-state index in [0.717, 1.165) is 16.7 Å². The molecule has 3 unspecified atom stereocenters. The zero-order chi connectivity index (χ0) is 31.1. The summed E-state index contributed by atoms with van der Waals surface area (Å²) in [6.07, 6.45) is -1.41. The summed E-state index contributed by atoms with van der Waals surface area (Å²) in [7, 11) is 0.